The minimum Gasteiger partial charge on any atom is -0.292 e. The van der Waals surface area contributed by atoms with Crippen molar-refractivity contribution < 1.29 is 0 Å². The molecule has 0 spiro atoms. The van der Waals surface area contributed by atoms with Crippen molar-refractivity contribution in [1.29, 1.82) is 0 Å². The van der Waals surface area contributed by atoms with Gasteiger partial charge in [0.1, 0.15) is 5.65 Å². The Morgan fingerprint density at radius 2 is 1.29 bits per heavy atom. The van der Waals surface area contributed by atoms with Gasteiger partial charge in [-0.1, -0.05) is 72.8 Å². The molecular formula is C33H20N2. The summed E-state index contributed by atoms with van der Waals surface area (Å²) in [7, 11) is 0. The molecule has 0 amide bonds. The molecule has 2 heterocycles. The molecule has 2 aliphatic rings. The highest BCUT2D eigenvalue weighted by atomic mass is 15.0. The molecule has 0 N–H and O–H groups in total. The van der Waals surface area contributed by atoms with Crippen LogP contribution < -0.4 is 0 Å². The van der Waals surface area contributed by atoms with Crippen LogP contribution in [-0.2, 0) is 12.8 Å². The third-order valence-corrected chi connectivity index (χ3v) is 8.21. The van der Waals surface area contributed by atoms with E-state index in [4.69, 9.17) is 4.98 Å². The first-order chi connectivity index (χ1) is 17.3. The largest absolute Gasteiger partial charge is 0.292 e. The lowest BCUT2D eigenvalue weighted by atomic mass is 9.95. The van der Waals surface area contributed by atoms with Gasteiger partial charge in [0, 0.05) is 10.8 Å². The molecule has 2 aliphatic carbocycles. The molecular weight excluding hydrogens is 424 g/mol. The van der Waals surface area contributed by atoms with E-state index in [1.54, 1.807) is 0 Å². The van der Waals surface area contributed by atoms with Gasteiger partial charge in [0.15, 0.2) is 0 Å². The average molecular weight is 445 g/mol. The number of imidazole rings is 1. The van der Waals surface area contributed by atoms with Crippen LogP contribution in [0.2, 0.25) is 0 Å². The summed E-state index contributed by atoms with van der Waals surface area (Å²) in [4.78, 5) is 5.23. The molecule has 0 saturated carbocycles. The van der Waals surface area contributed by atoms with Gasteiger partial charge in [-0.15, -0.1) is 0 Å². The van der Waals surface area contributed by atoms with Crippen molar-refractivity contribution in [3.8, 4) is 22.3 Å². The lowest BCUT2D eigenvalue weighted by Crippen LogP contribution is -1.96. The molecule has 0 saturated heterocycles. The summed E-state index contributed by atoms with van der Waals surface area (Å²) in [5.41, 5.74) is 15.7. The smallest absolute Gasteiger partial charge is 0.146 e. The highest BCUT2D eigenvalue weighted by molar-refractivity contribution is 6.17. The minimum absolute atomic E-state index is 0.962. The molecule has 7 aromatic rings. The average Bonchev–Trinajstić information content (AvgIpc) is 3.58. The molecule has 5 aromatic carbocycles. The number of pyridine rings is 1. The van der Waals surface area contributed by atoms with Crippen molar-refractivity contribution in [2.45, 2.75) is 12.8 Å². The van der Waals surface area contributed by atoms with Gasteiger partial charge in [0.25, 0.3) is 0 Å². The third kappa shape index (κ3) is 2.18. The Hall–Kier alpha value is -4.43. The van der Waals surface area contributed by atoms with Gasteiger partial charge in [-0.05, 0) is 87.0 Å². The molecule has 2 nitrogen and oxygen atoms in total. The predicted octanol–water partition coefficient (Wildman–Crippen LogP) is 7.94. The zero-order valence-electron chi connectivity index (χ0n) is 19.0. The van der Waals surface area contributed by atoms with Crippen molar-refractivity contribution in [2.75, 3.05) is 0 Å². The summed E-state index contributed by atoms with van der Waals surface area (Å²) in [5, 5.41) is 3.94. The van der Waals surface area contributed by atoms with Gasteiger partial charge in [0.05, 0.1) is 16.6 Å². The zero-order chi connectivity index (χ0) is 22.7. The molecule has 162 valence electrons. The maximum Gasteiger partial charge on any atom is 0.146 e. The SMILES string of the molecule is c1ccc2c(c1)Cc1cc3c4ccc5c(c4c4nc6ccccc6n4c3cc1-2)Cc1ccccc1-5. The van der Waals surface area contributed by atoms with Gasteiger partial charge in [-0.2, -0.15) is 0 Å². The number of aromatic nitrogens is 2. The lowest BCUT2D eigenvalue weighted by molar-refractivity contribution is 1.25. The van der Waals surface area contributed by atoms with Gasteiger partial charge in [-0.3, -0.25) is 4.40 Å². The summed E-state index contributed by atoms with van der Waals surface area (Å²) in [6, 6.07) is 35.8. The Morgan fingerprint density at radius 3 is 2.17 bits per heavy atom. The number of hydrogen-bond donors (Lipinski definition) is 0. The van der Waals surface area contributed by atoms with Crippen molar-refractivity contribution in [1.82, 2.24) is 9.38 Å². The fourth-order valence-corrected chi connectivity index (χ4v) is 6.70. The van der Waals surface area contributed by atoms with E-state index in [1.165, 1.54) is 71.7 Å². The van der Waals surface area contributed by atoms with Gasteiger partial charge in [-0.25, -0.2) is 4.98 Å². The molecule has 0 atom stereocenters. The van der Waals surface area contributed by atoms with Crippen molar-refractivity contribution in [2.24, 2.45) is 0 Å². The van der Waals surface area contributed by atoms with Crippen LogP contribution in [-0.4, -0.2) is 9.38 Å². The fraction of sp³-hybridized carbons (Fsp3) is 0.0606. The highest BCUT2D eigenvalue weighted by Gasteiger charge is 2.26. The minimum atomic E-state index is 0.962. The second-order valence-electron chi connectivity index (χ2n) is 9.97. The number of hydrogen-bond acceptors (Lipinski definition) is 1. The number of para-hydroxylation sites is 2. The van der Waals surface area contributed by atoms with Crippen LogP contribution in [0.5, 0.6) is 0 Å². The van der Waals surface area contributed by atoms with Crippen LogP contribution in [0.1, 0.15) is 22.3 Å². The normalized spacial score (nSPS) is 13.5. The molecule has 0 aliphatic heterocycles. The van der Waals surface area contributed by atoms with E-state index in [0.717, 1.165) is 24.0 Å². The maximum atomic E-state index is 5.23. The van der Waals surface area contributed by atoms with Gasteiger partial charge >= 0.3 is 0 Å². The van der Waals surface area contributed by atoms with E-state index in [0.29, 0.717) is 0 Å². The molecule has 0 unspecified atom stereocenters. The van der Waals surface area contributed by atoms with E-state index < -0.39 is 0 Å². The van der Waals surface area contributed by atoms with Crippen LogP contribution in [0.15, 0.2) is 97.1 Å². The van der Waals surface area contributed by atoms with Crippen LogP contribution in [0, 0.1) is 0 Å². The Morgan fingerprint density at radius 1 is 0.543 bits per heavy atom. The van der Waals surface area contributed by atoms with Crippen LogP contribution in [0.4, 0.5) is 0 Å². The first-order valence-electron chi connectivity index (χ1n) is 12.3. The quantitative estimate of drug-likeness (QED) is 0.217. The van der Waals surface area contributed by atoms with E-state index >= 15 is 0 Å². The van der Waals surface area contributed by atoms with Crippen LogP contribution in [0.25, 0.3) is 60.6 Å². The summed E-state index contributed by atoms with van der Waals surface area (Å²) in [5.74, 6) is 0. The number of fused-ring (bicyclic) bond motifs is 15. The van der Waals surface area contributed by atoms with Crippen LogP contribution in [0.3, 0.4) is 0 Å². The summed E-state index contributed by atoms with van der Waals surface area (Å²) in [6.45, 7) is 0. The van der Waals surface area contributed by atoms with Crippen LogP contribution >= 0.6 is 0 Å². The molecule has 2 aromatic heterocycles. The first kappa shape index (κ1) is 18.0. The number of nitrogens with zero attached hydrogens (tertiary/aromatic N) is 2. The molecule has 2 heteroatoms. The van der Waals surface area contributed by atoms with Gasteiger partial charge in [0.2, 0.25) is 0 Å². The molecule has 0 fully saturated rings. The Kier molecular flexibility index (Phi) is 3.16. The number of benzene rings is 5. The Balaban J connectivity index is 1.51. The van der Waals surface area contributed by atoms with E-state index in [1.807, 2.05) is 0 Å². The Bertz CT molecular complexity index is 2060. The van der Waals surface area contributed by atoms with E-state index in [9.17, 15) is 0 Å². The third-order valence-electron chi connectivity index (χ3n) is 8.21. The maximum absolute atomic E-state index is 5.23. The monoisotopic (exact) mass is 444 g/mol. The first-order valence-corrected chi connectivity index (χ1v) is 12.3. The lowest BCUT2D eigenvalue weighted by Gasteiger charge is -2.14. The Labute approximate surface area is 202 Å². The fourth-order valence-electron chi connectivity index (χ4n) is 6.70. The van der Waals surface area contributed by atoms with E-state index in [-0.39, 0.29) is 0 Å². The molecule has 0 bridgehead atoms. The van der Waals surface area contributed by atoms with Gasteiger partial charge < -0.3 is 0 Å². The second-order valence-corrected chi connectivity index (χ2v) is 9.97. The zero-order valence-corrected chi connectivity index (χ0v) is 19.0. The van der Waals surface area contributed by atoms with Crippen molar-refractivity contribution in [3.63, 3.8) is 0 Å². The van der Waals surface area contributed by atoms with Crippen molar-refractivity contribution >= 4 is 38.4 Å². The summed E-state index contributed by atoms with van der Waals surface area (Å²) in [6.07, 6.45) is 1.96. The van der Waals surface area contributed by atoms with Crippen molar-refractivity contribution in [3.05, 3.63) is 119 Å². The predicted molar refractivity (Wildman–Crippen MR) is 144 cm³/mol. The van der Waals surface area contributed by atoms with E-state index in [2.05, 4.69) is 101 Å². The molecule has 0 radical (unpaired) electrons. The number of rotatable bonds is 0. The molecule has 35 heavy (non-hydrogen) atoms. The second kappa shape index (κ2) is 6.17. The highest BCUT2D eigenvalue weighted by Crippen LogP contribution is 2.46. The summed E-state index contributed by atoms with van der Waals surface area (Å²) >= 11 is 0. The molecule has 9 rings (SSSR count). The standard InChI is InChI=1S/C33H20N2/c1-4-10-23-19(7-1)15-21-17-27-25-14-13-24-22-9-3-2-8-20(22)16-28(24)32(25)33-34-29-11-5-6-12-30(29)35(33)31(27)18-26(21)23/h1-14,17-18H,15-16H2. The topological polar surface area (TPSA) is 17.3 Å². The summed E-state index contributed by atoms with van der Waals surface area (Å²) < 4.78 is 2.41.